The third kappa shape index (κ3) is 4.46. The second-order valence-electron chi connectivity index (χ2n) is 1.01. The van der Waals surface area contributed by atoms with Crippen LogP contribution in [0.2, 0.25) is 4.47 Å². The van der Waals surface area contributed by atoms with Gasteiger partial charge >= 0.3 is 50.7 Å². The van der Waals surface area contributed by atoms with Crippen LogP contribution >= 0.6 is 0 Å². The fourth-order valence-electron chi connectivity index (χ4n) is 0.167. The molecule has 0 fully saturated rings. The van der Waals surface area contributed by atoms with Crippen LogP contribution in [-0.4, -0.2) is 28.6 Å². The van der Waals surface area contributed by atoms with Crippen molar-refractivity contribution in [1.29, 1.82) is 0 Å². The van der Waals surface area contributed by atoms with E-state index in [1.165, 1.54) is 0 Å². The molecule has 0 aliphatic heterocycles. The maximum atomic E-state index is 9.56. The van der Waals surface area contributed by atoms with Gasteiger partial charge in [-0.1, -0.05) is 0 Å². The molecule has 0 aromatic carbocycles. The Balaban J connectivity index is 2.49. The monoisotopic (exact) mass is 201 g/mol. The fourth-order valence-corrected chi connectivity index (χ4v) is 0.642. The van der Waals surface area contributed by atoms with Gasteiger partial charge in [-0.2, -0.15) is 0 Å². The molecule has 0 aromatic heterocycles. The molecule has 35 valence electrons. The van der Waals surface area contributed by atoms with Crippen molar-refractivity contribution >= 4 is 28.6 Å². The van der Waals surface area contributed by atoms with Crippen molar-refractivity contribution in [3.05, 3.63) is 0 Å². The van der Waals surface area contributed by atoms with Crippen molar-refractivity contribution in [3.8, 4) is 0 Å². The number of carbonyl (C=O) groups is 1. The SMILES string of the molecule is O=CCCC[Te]. The summed E-state index contributed by atoms with van der Waals surface area (Å²) in [6.45, 7) is 0. The van der Waals surface area contributed by atoms with Crippen LogP contribution in [0.15, 0.2) is 0 Å². The van der Waals surface area contributed by atoms with Crippen molar-refractivity contribution in [1.82, 2.24) is 0 Å². The Labute approximate surface area is 51.0 Å². The minimum absolute atomic E-state index is 0.735. The van der Waals surface area contributed by atoms with Crippen LogP contribution in [0, 0.1) is 0 Å². The number of hydrogen-bond donors (Lipinski definition) is 0. The van der Waals surface area contributed by atoms with E-state index in [1.807, 2.05) is 22.3 Å². The molecule has 0 amide bonds. The Kier molecular flexibility index (Phi) is 5.88. The number of hydrogen-bond acceptors (Lipinski definition) is 1. The molecule has 1 nitrogen and oxygen atoms in total. The van der Waals surface area contributed by atoms with Gasteiger partial charge in [0.15, 0.2) is 0 Å². The third-order valence-electron chi connectivity index (χ3n) is 0.466. The number of aldehydes is 1. The van der Waals surface area contributed by atoms with Crippen molar-refractivity contribution in [3.63, 3.8) is 0 Å². The standard InChI is InChI=1S/C4H7OTe/c5-3-1-2-4-6/h3H,1-2,4H2. The minimum atomic E-state index is 0.735. The second kappa shape index (κ2) is 5.46. The van der Waals surface area contributed by atoms with Crippen LogP contribution in [-0.2, 0) is 4.79 Å². The van der Waals surface area contributed by atoms with E-state index in [1.54, 1.807) is 0 Å². The summed E-state index contributed by atoms with van der Waals surface area (Å²) in [5.74, 6) is 0. The molecule has 0 bridgehead atoms. The number of rotatable bonds is 3. The van der Waals surface area contributed by atoms with E-state index in [9.17, 15) is 4.79 Å². The number of unbranched alkanes of at least 4 members (excludes halogenated alkanes) is 1. The summed E-state index contributed by atoms with van der Waals surface area (Å²) in [5.41, 5.74) is 0. The predicted molar refractivity (Wildman–Crippen MR) is 25.9 cm³/mol. The molecule has 6 heavy (non-hydrogen) atoms. The summed E-state index contributed by atoms with van der Waals surface area (Å²) < 4.78 is 1.13. The summed E-state index contributed by atoms with van der Waals surface area (Å²) in [7, 11) is 0. The molecule has 0 N–H and O–H groups in total. The van der Waals surface area contributed by atoms with E-state index in [4.69, 9.17) is 0 Å². The topological polar surface area (TPSA) is 17.1 Å². The summed E-state index contributed by atoms with van der Waals surface area (Å²) in [6.07, 6.45) is 2.75. The van der Waals surface area contributed by atoms with Crippen molar-refractivity contribution in [2.24, 2.45) is 0 Å². The molecule has 0 saturated carbocycles. The summed E-state index contributed by atoms with van der Waals surface area (Å²) in [5, 5.41) is 0. The molecular weight excluding hydrogens is 192 g/mol. The summed E-state index contributed by atoms with van der Waals surface area (Å²) in [4.78, 5) is 9.56. The first-order chi connectivity index (χ1) is 2.91. The second-order valence-corrected chi connectivity index (χ2v) is 2.18. The van der Waals surface area contributed by atoms with E-state index < -0.39 is 0 Å². The Bertz CT molecular complexity index is 36.5. The van der Waals surface area contributed by atoms with E-state index >= 15 is 0 Å². The van der Waals surface area contributed by atoms with Gasteiger partial charge in [0.2, 0.25) is 0 Å². The Morgan fingerprint density at radius 2 is 2.33 bits per heavy atom. The van der Waals surface area contributed by atoms with Crippen molar-refractivity contribution in [2.45, 2.75) is 17.3 Å². The average molecular weight is 199 g/mol. The molecule has 0 aliphatic rings. The van der Waals surface area contributed by atoms with Crippen LogP contribution in [0.4, 0.5) is 0 Å². The number of carbonyl (C=O) groups excluding carboxylic acids is 1. The zero-order valence-electron chi connectivity index (χ0n) is 3.52. The molecule has 0 rings (SSSR count). The normalized spacial score (nSPS) is 8.17. The third-order valence-corrected chi connectivity index (χ3v) is 1.29. The van der Waals surface area contributed by atoms with E-state index in [0.29, 0.717) is 0 Å². The van der Waals surface area contributed by atoms with Crippen LogP contribution in [0.5, 0.6) is 0 Å². The van der Waals surface area contributed by atoms with Crippen LogP contribution in [0.1, 0.15) is 12.8 Å². The first-order valence-corrected chi connectivity index (χ1v) is 3.58. The van der Waals surface area contributed by atoms with Crippen molar-refractivity contribution < 1.29 is 4.79 Å². The van der Waals surface area contributed by atoms with E-state index in [-0.39, 0.29) is 0 Å². The molecule has 0 aliphatic carbocycles. The Morgan fingerprint density at radius 3 is 2.50 bits per heavy atom. The molecule has 0 heterocycles. The summed E-state index contributed by atoms with van der Waals surface area (Å²) >= 11 is 2.01. The first-order valence-electron chi connectivity index (χ1n) is 1.93. The molecule has 2 heteroatoms. The first kappa shape index (κ1) is 6.46. The van der Waals surface area contributed by atoms with Gasteiger partial charge in [-0.05, 0) is 0 Å². The maximum absolute atomic E-state index is 9.56. The Hall–Kier alpha value is 0.460. The molecule has 0 saturated heterocycles. The van der Waals surface area contributed by atoms with Gasteiger partial charge in [0.05, 0.1) is 0 Å². The van der Waals surface area contributed by atoms with E-state index in [2.05, 4.69) is 0 Å². The van der Waals surface area contributed by atoms with Gasteiger partial charge in [0, 0.05) is 0 Å². The predicted octanol–water partition coefficient (Wildman–Crippen LogP) is 0.552. The van der Waals surface area contributed by atoms with Gasteiger partial charge in [-0.15, -0.1) is 0 Å². The quantitative estimate of drug-likeness (QED) is 0.368. The fraction of sp³-hybridized carbons (Fsp3) is 0.750. The van der Waals surface area contributed by atoms with Crippen LogP contribution in [0.3, 0.4) is 0 Å². The summed E-state index contributed by atoms with van der Waals surface area (Å²) in [6, 6.07) is 0. The zero-order chi connectivity index (χ0) is 4.83. The van der Waals surface area contributed by atoms with Gasteiger partial charge in [-0.25, -0.2) is 0 Å². The molecule has 0 spiro atoms. The molecular formula is C4H7OTe. The van der Waals surface area contributed by atoms with Gasteiger partial charge in [0.1, 0.15) is 0 Å². The molecule has 0 aromatic rings. The molecule has 1 radical (unpaired) electrons. The Morgan fingerprint density at radius 1 is 1.67 bits per heavy atom. The molecule has 0 atom stereocenters. The van der Waals surface area contributed by atoms with Gasteiger partial charge in [-0.3, -0.25) is 0 Å². The molecule has 0 unspecified atom stereocenters. The van der Waals surface area contributed by atoms with Crippen molar-refractivity contribution in [2.75, 3.05) is 0 Å². The average Bonchev–Trinajstić information content (AvgIpc) is 1.61. The van der Waals surface area contributed by atoms with Gasteiger partial charge in [0.25, 0.3) is 0 Å². The van der Waals surface area contributed by atoms with Crippen LogP contribution < -0.4 is 0 Å². The zero-order valence-corrected chi connectivity index (χ0v) is 5.85. The van der Waals surface area contributed by atoms with E-state index in [0.717, 1.165) is 23.6 Å². The van der Waals surface area contributed by atoms with Gasteiger partial charge < -0.3 is 0 Å². The van der Waals surface area contributed by atoms with Crippen LogP contribution in [0.25, 0.3) is 0 Å².